The van der Waals surface area contributed by atoms with Crippen LogP contribution in [0.4, 0.5) is 0 Å². The lowest BCUT2D eigenvalue weighted by Gasteiger charge is -2.15. The third-order valence-corrected chi connectivity index (χ3v) is 2.60. The van der Waals surface area contributed by atoms with Gasteiger partial charge in [-0.1, -0.05) is 30.3 Å². The zero-order valence-electron chi connectivity index (χ0n) is 10.6. The van der Waals surface area contributed by atoms with E-state index in [-0.39, 0.29) is 5.54 Å². The van der Waals surface area contributed by atoms with Gasteiger partial charge < -0.3 is 10.7 Å². The van der Waals surface area contributed by atoms with Gasteiger partial charge in [0, 0.05) is 23.2 Å². The van der Waals surface area contributed by atoms with Gasteiger partial charge >= 0.3 is 0 Å². The molecule has 0 aliphatic heterocycles. The summed E-state index contributed by atoms with van der Waals surface area (Å²) in [6.07, 6.45) is 0.751. The Labute approximate surface area is 102 Å². The Kier molecular flexibility index (Phi) is 3.03. The van der Waals surface area contributed by atoms with Gasteiger partial charge in [-0.15, -0.1) is 0 Å². The SMILES string of the molecule is Cc1[nH]c(CC(C)(C)N)nc1-c1ccccc1. The van der Waals surface area contributed by atoms with Gasteiger partial charge in [-0.2, -0.15) is 0 Å². The van der Waals surface area contributed by atoms with E-state index in [1.165, 1.54) is 0 Å². The summed E-state index contributed by atoms with van der Waals surface area (Å²) in [7, 11) is 0. The molecule has 3 N–H and O–H groups in total. The molecule has 0 fully saturated rings. The van der Waals surface area contributed by atoms with Crippen molar-refractivity contribution in [3.63, 3.8) is 0 Å². The summed E-state index contributed by atoms with van der Waals surface area (Å²) in [5.74, 6) is 0.953. The first kappa shape index (κ1) is 11.9. The third-order valence-electron chi connectivity index (χ3n) is 2.60. The van der Waals surface area contributed by atoms with E-state index in [2.05, 4.69) is 22.1 Å². The second-order valence-corrected chi connectivity index (χ2v) is 5.19. The largest absolute Gasteiger partial charge is 0.346 e. The molecule has 0 aliphatic rings. The Balaban J connectivity index is 2.32. The average molecular weight is 229 g/mol. The summed E-state index contributed by atoms with van der Waals surface area (Å²) in [4.78, 5) is 7.94. The van der Waals surface area contributed by atoms with Crippen LogP contribution in [0, 0.1) is 6.92 Å². The van der Waals surface area contributed by atoms with Crippen LogP contribution in [0.3, 0.4) is 0 Å². The van der Waals surface area contributed by atoms with Gasteiger partial charge in [0.25, 0.3) is 0 Å². The van der Waals surface area contributed by atoms with Crippen molar-refractivity contribution in [3.05, 3.63) is 41.9 Å². The average Bonchev–Trinajstić information content (AvgIpc) is 2.58. The number of nitrogens with two attached hydrogens (primary N) is 1. The molecule has 0 bridgehead atoms. The number of benzene rings is 1. The Morgan fingerprint density at radius 2 is 1.88 bits per heavy atom. The highest BCUT2D eigenvalue weighted by atomic mass is 14.9. The molecule has 1 aromatic heterocycles. The van der Waals surface area contributed by atoms with E-state index in [1.54, 1.807) is 0 Å². The first-order chi connectivity index (χ1) is 7.96. The van der Waals surface area contributed by atoms with Crippen molar-refractivity contribution in [1.29, 1.82) is 0 Å². The van der Waals surface area contributed by atoms with E-state index in [9.17, 15) is 0 Å². The fraction of sp³-hybridized carbons (Fsp3) is 0.357. The molecule has 0 amide bonds. The molecule has 0 aliphatic carbocycles. The van der Waals surface area contributed by atoms with Crippen LogP contribution >= 0.6 is 0 Å². The first-order valence-electron chi connectivity index (χ1n) is 5.85. The zero-order valence-corrected chi connectivity index (χ0v) is 10.6. The predicted molar refractivity (Wildman–Crippen MR) is 70.7 cm³/mol. The fourth-order valence-corrected chi connectivity index (χ4v) is 1.91. The molecule has 17 heavy (non-hydrogen) atoms. The van der Waals surface area contributed by atoms with Crippen molar-refractivity contribution in [1.82, 2.24) is 9.97 Å². The monoisotopic (exact) mass is 229 g/mol. The van der Waals surface area contributed by atoms with Crippen LogP contribution in [-0.4, -0.2) is 15.5 Å². The van der Waals surface area contributed by atoms with Crippen molar-refractivity contribution in [2.24, 2.45) is 5.73 Å². The lowest BCUT2D eigenvalue weighted by Crippen LogP contribution is -2.34. The quantitative estimate of drug-likeness (QED) is 0.850. The molecule has 90 valence electrons. The molecule has 0 radical (unpaired) electrons. The van der Waals surface area contributed by atoms with Crippen LogP contribution in [0.15, 0.2) is 30.3 Å². The lowest BCUT2D eigenvalue weighted by molar-refractivity contribution is 0.504. The molecule has 2 aromatic rings. The van der Waals surface area contributed by atoms with Crippen molar-refractivity contribution in [3.8, 4) is 11.3 Å². The summed E-state index contributed by atoms with van der Waals surface area (Å²) in [6.45, 7) is 6.06. The number of hydrogen-bond donors (Lipinski definition) is 2. The van der Waals surface area contributed by atoms with Crippen LogP contribution in [0.5, 0.6) is 0 Å². The Hall–Kier alpha value is -1.61. The van der Waals surface area contributed by atoms with Crippen molar-refractivity contribution in [2.45, 2.75) is 32.7 Å². The van der Waals surface area contributed by atoms with Crippen LogP contribution in [0.25, 0.3) is 11.3 Å². The topological polar surface area (TPSA) is 54.7 Å². The molecule has 3 heteroatoms. The van der Waals surface area contributed by atoms with Crippen molar-refractivity contribution < 1.29 is 0 Å². The molecule has 0 unspecified atom stereocenters. The second kappa shape index (κ2) is 4.34. The number of aromatic amines is 1. The normalized spacial score (nSPS) is 11.8. The number of aromatic nitrogens is 2. The fourth-order valence-electron chi connectivity index (χ4n) is 1.91. The predicted octanol–water partition coefficient (Wildman–Crippen LogP) is 2.66. The molecule has 0 saturated carbocycles. The van der Waals surface area contributed by atoms with Crippen LogP contribution in [0.1, 0.15) is 25.4 Å². The number of H-pyrrole nitrogens is 1. The van der Waals surface area contributed by atoms with E-state index in [0.29, 0.717) is 0 Å². The molecule has 0 atom stereocenters. The van der Waals surface area contributed by atoms with E-state index in [1.807, 2.05) is 39.0 Å². The van der Waals surface area contributed by atoms with Gasteiger partial charge in [0.05, 0.1) is 5.69 Å². The van der Waals surface area contributed by atoms with Crippen molar-refractivity contribution >= 4 is 0 Å². The lowest BCUT2D eigenvalue weighted by atomic mass is 10.0. The highest BCUT2D eigenvalue weighted by molar-refractivity contribution is 5.61. The summed E-state index contributed by atoms with van der Waals surface area (Å²) < 4.78 is 0. The highest BCUT2D eigenvalue weighted by Crippen LogP contribution is 2.21. The van der Waals surface area contributed by atoms with Gasteiger partial charge in [0.2, 0.25) is 0 Å². The number of nitrogens with zero attached hydrogens (tertiary/aromatic N) is 1. The minimum atomic E-state index is -0.238. The standard InChI is InChI=1S/C14H19N3/c1-10-13(11-7-5-4-6-8-11)17-12(16-10)9-14(2,3)15/h4-8H,9,15H2,1-3H3,(H,16,17). The van der Waals surface area contributed by atoms with E-state index in [0.717, 1.165) is 29.2 Å². The minimum Gasteiger partial charge on any atom is -0.346 e. The van der Waals surface area contributed by atoms with Crippen molar-refractivity contribution in [2.75, 3.05) is 0 Å². The first-order valence-corrected chi connectivity index (χ1v) is 5.85. The van der Waals surface area contributed by atoms with E-state index in [4.69, 9.17) is 5.73 Å². The van der Waals surface area contributed by atoms with Crippen LogP contribution in [0.2, 0.25) is 0 Å². The summed E-state index contributed by atoms with van der Waals surface area (Å²) in [5, 5.41) is 0. The maximum absolute atomic E-state index is 6.01. The molecule has 1 heterocycles. The van der Waals surface area contributed by atoms with Gasteiger partial charge in [-0.25, -0.2) is 4.98 Å². The Bertz CT molecular complexity index is 492. The molecular weight excluding hydrogens is 210 g/mol. The van der Waals surface area contributed by atoms with Crippen LogP contribution < -0.4 is 5.73 Å². The molecular formula is C14H19N3. The third kappa shape index (κ3) is 2.94. The van der Waals surface area contributed by atoms with E-state index >= 15 is 0 Å². The maximum atomic E-state index is 6.01. The summed E-state index contributed by atoms with van der Waals surface area (Å²) in [5.41, 5.74) is 9.02. The number of aryl methyl sites for hydroxylation is 1. The zero-order chi connectivity index (χ0) is 12.5. The summed E-state index contributed by atoms with van der Waals surface area (Å²) in [6, 6.07) is 10.2. The molecule has 2 rings (SSSR count). The highest BCUT2D eigenvalue weighted by Gasteiger charge is 2.16. The number of nitrogens with one attached hydrogen (secondary N) is 1. The molecule has 0 spiro atoms. The second-order valence-electron chi connectivity index (χ2n) is 5.19. The number of imidazole rings is 1. The number of hydrogen-bond acceptors (Lipinski definition) is 2. The Morgan fingerprint density at radius 3 is 2.47 bits per heavy atom. The molecule has 1 aromatic carbocycles. The van der Waals surface area contributed by atoms with Gasteiger partial charge in [0.1, 0.15) is 5.82 Å². The number of rotatable bonds is 3. The summed E-state index contributed by atoms with van der Waals surface area (Å²) >= 11 is 0. The smallest absolute Gasteiger partial charge is 0.108 e. The molecule has 3 nitrogen and oxygen atoms in total. The molecule has 0 saturated heterocycles. The van der Waals surface area contributed by atoms with Crippen LogP contribution in [-0.2, 0) is 6.42 Å². The van der Waals surface area contributed by atoms with Gasteiger partial charge in [-0.05, 0) is 20.8 Å². The van der Waals surface area contributed by atoms with Gasteiger partial charge in [-0.3, -0.25) is 0 Å². The minimum absolute atomic E-state index is 0.238. The maximum Gasteiger partial charge on any atom is 0.108 e. The van der Waals surface area contributed by atoms with E-state index < -0.39 is 0 Å². The Morgan fingerprint density at radius 1 is 1.24 bits per heavy atom. The van der Waals surface area contributed by atoms with Gasteiger partial charge in [0.15, 0.2) is 0 Å².